The lowest BCUT2D eigenvalue weighted by molar-refractivity contribution is 0.0929. The van der Waals surface area contributed by atoms with E-state index in [9.17, 15) is 9.59 Å². The molecule has 2 N–H and O–H groups in total. The number of allylic oxidation sites excluding steroid dienone is 2. The molecule has 7 nitrogen and oxygen atoms in total. The third-order valence-corrected chi connectivity index (χ3v) is 4.95. The highest BCUT2D eigenvalue weighted by molar-refractivity contribution is 5.70. The Bertz CT molecular complexity index is 960. The first kappa shape index (κ1) is 19.5. The number of benzene rings is 1. The van der Waals surface area contributed by atoms with E-state index in [1.54, 1.807) is 6.20 Å². The summed E-state index contributed by atoms with van der Waals surface area (Å²) in [4.78, 5) is 29.6. The topological polar surface area (TPSA) is 83.7 Å². The first-order valence-corrected chi connectivity index (χ1v) is 9.30. The zero-order valence-electron chi connectivity index (χ0n) is 16.5. The van der Waals surface area contributed by atoms with E-state index in [4.69, 9.17) is 9.47 Å². The molecule has 0 fully saturated rings. The lowest BCUT2D eigenvalue weighted by atomic mass is 9.85. The van der Waals surface area contributed by atoms with Crippen molar-refractivity contribution in [3.63, 3.8) is 0 Å². The van der Waals surface area contributed by atoms with E-state index in [1.807, 2.05) is 37.3 Å². The second-order valence-corrected chi connectivity index (χ2v) is 6.47. The molecule has 1 unspecified atom stereocenters. The van der Waals surface area contributed by atoms with Crippen molar-refractivity contribution in [3.8, 4) is 0 Å². The van der Waals surface area contributed by atoms with Crippen LogP contribution in [0, 0.1) is 0 Å². The van der Waals surface area contributed by atoms with E-state index >= 15 is 0 Å². The lowest BCUT2D eigenvalue weighted by Gasteiger charge is -2.32. The van der Waals surface area contributed by atoms with Crippen molar-refractivity contribution in [2.75, 3.05) is 30.4 Å². The van der Waals surface area contributed by atoms with Crippen molar-refractivity contribution >= 4 is 17.5 Å². The molecule has 148 valence electrons. The van der Waals surface area contributed by atoms with E-state index in [1.165, 1.54) is 7.11 Å². The molecule has 1 aromatic carbocycles. The molecule has 0 radical (unpaired) electrons. The van der Waals surface area contributed by atoms with Gasteiger partial charge in [-0.25, -0.2) is 4.79 Å². The first-order chi connectivity index (χ1) is 13.5. The van der Waals surface area contributed by atoms with Gasteiger partial charge in [-0.05, 0) is 38.5 Å². The molecule has 2 heterocycles. The normalized spacial score (nSPS) is 15.5. The molecular weight excluding hydrogens is 358 g/mol. The Labute approximate surface area is 164 Å². The fourth-order valence-electron chi connectivity index (χ4n) is 3.64. The zero-order valence-corrected chi connectivity index (χ0v) is 16.5. The van der Waals surface area contributed by atoms with Gasteiger partial charge in [0.05, 0.1) is 24.3 Å². The van der Waals surface area contributed by atoms with E-state index in [0.29, 0.717) is 22.7 Å². The van der Waals surface area contributed by atoms with Gasteiger partial charge in [0, 0.05) is 30.7 Å². The van der Waals surface area contributed by atoms with Crippen LogP contribution >= 0.6 is 0 Å². The van der Waals surface area contributed by atoms with Crippen LogP contribution in [0.3, 0.4) is 0 Å². The highest BCUT2D eigenvalue weighted by Gasteiger charge is 2.35. The van der Waals surface area contributed by atoms with Crippen molar-refractivity contribution in [2.24, 2.45) is 0 Å². The zero-order chi connectivity index (χ0) is 20.3. The quantitative estimate of drug-likeness (QED) is 0.764. The summed E-state index contributed by atoms with van der Waals surface area (Å²) in [6, 6.07) is 9.68. The predicted molar refractivity (Wildman–Crippen MR) is 109 cm³/mol. The summed E-state index contributed by atoms with van der Waals surface area (Å²) in [5, 5.41) is 3.17. The number of nitrogens with one attached hydrogen (secondary N) is 2. The summed E-state index contributed by atoms with van der Waals surface area (Å²) < 4.78 is 10.2. The Morgan fingerprint density at radius 3 is 2.57 bits per heavy atom. The molecule has 1 aromatic heterocycles. The van der Waals surface area contributed by atoms with Gasteiger partial charge in [0.1, 0.15) is 5.76 Å². The van der Waals surface area contributed by atoms with E-state index < -0.39 is 12.1 Å². The van der Waals surface area contributed by atoms with Gasteiger partial charge in [-0.1, -0.05) is 18.2 Å². The number of fused-ring (bicyclic) bond motifs is 1. The number of carbonyl (C=O) groups excluding carboxylic acids is 1. The molecule has 0 amide bonds. The maximum Gasteiger partial charge on any atom is 0.513 e. The van der Waals surface area contributed by atoms with Crippen molar-refractivity contribution in [1.82, 2.24) is 4.98 Å². The van der Waals surface area contributed by atoms with Gasteiger partial charge in [-0.2, -0.15) is 0 Å². The van der Waals surface area contributed by atoms with Gasteiger partial charge >= 0.3 is 6.16 Å². The fourth-order valence-corrected chi connectivity index (χ4v) is 3.64. The smallest absolute Gasteiger partial charge is 0.437 e. The van der Waals surface area contributed by atoms with Gasteiger partial charge < -0.3 is 24.7 Å². The average molecular weight is 383 g/mol. The summed E-state index contributed by atoms with van der Waals surface area (Å²) in [5.74, 6) is -0.187. The number of methoxy groups -OCH3 is 1. The van der Waals surface area contributed by atoms with E-state index in [2.05, 4.69) is 29.0 Å². The van der Waals surface area contributed by atoms with E-state index in [0.717, 1.165) is 24.3 Å². The predicted octanol–water partition coefficient (Wildman–Crippen LogP) is 3.79. The number of hydrogen-bond acceptors (Lipinski definition) is 6. The number of nitrogens with zero attached hydrogens (tertiary/aromatic N) is 1. The van der Waals surface area contributed by atoms with Crippen LogP contribution in [0.15, 0.2) is 52.8 Å². The lowest BCUT2D eigenvalue weighted by Crippen LogP contribution is -2.30. The SMILES string of the molecule is CCN(CC)c1ccccc1C1C(OC(=O)OC)=C(C)Nc2cc[nH]c(=O)c21. The molecule has 7 heteroatoms. The highest BCUT2D eigenvalue weighted by Crippen LogP contribution is 2.43. The second kappa shape index (κ2) is 8.21. The number of pyridine rings is 1. The number of anilines is 2. The Kier molecular flexibility index (Phi) is 5.73. The van der Waals surface area contributed by atoms with Gasteiger partial charge in [0.15, 0.2) is 0 Å². The van der Waals surface area contributed by atoms with Crippen molar-refractivity contribution in [2.45, 2.75) is 26.7 Å². The average Bonchev–Trinajstić information content (AvgIpc) is 2.70. The minimum atomic E-state index is -0.822. The standard InChI is InChI=1S/C21H25N3O4/c1-5-24(6-2)16-10-8-7-9-14(16)17-18-15(11-12-22-20(18)25)23-13(3)19(17)28-21(26)27-4/h7-12,17,23H,5-6H2,1-4H3,(H,22,25). The third kappa shape index (κ3) is 3.47. The number of ether oxygens (including phenoxy) is 2. The Morgan fingerprint density at radius 1 is 1.18 bits per heavy atom. The van der Waals surface area contributed by atoms with Crippen molar-refractivity contribution in [1.29, 1.82) is 0 Å². The van der Waals surface area contributed by atoms with Crippen molar-refractivity contribution in [3.05, 3.63) is 69.5 Å². The maximum atomic E-state index is 12.8. The highest BCUT2D eigenvalue weighted by atomic mass is 16.7. The van der Waals surface area contributed by atoms with Crippen LogP contribution in [0.25, 0.3) is 0 Å². The second-order valence-electron chi connectivity index (χ2n) is 6.47. The number of rotatable bonds is 5. The number of hydrogen-bond donors (Lipinski definition) is 2. The van der Waals surface area contributed by atoms with Gasteiger partial charge in [0.2, 0.25) is 0 Å². The Hall–Kier alpha value is -3.22. The molecule has 2 aromatic rings. The third-order valence-electron chi connectivity index (χ3n) is 4.95. The fraction of sp³-hybridized carbons (Fsp3) is 0.333. The van der Waals surface area contributed by atoms with Crippen LogP contribution in [0.4, 0.5) is 16.2 Å². The molecule has 0 aliphatic carbocycles. The summed E-state index contributed by atoms with van der Waals surface area (Å²) in [6.07, 6.45) is 0.776. The minimum Gasteiger partial charge on any atom is -0.437 e. The Balaban J connectivity index is 2.27. The number of aromatic amines is 1. The Morgan fingerprint density at radius 2 is 1.89 bits per heavy atom. The molecular formula is C21H25N3O4. The molecule has 28 heavy (non-hydrogen) atoms. The van der Waals surface area contributed by atoms with Crippen LogP contribution in [-0.4, -0.2) is 31.3 Å². The van der Waals surface area contributed by atoms with Crippen LogP contribution in [0.5, 0.6) is 0 Å². The summed E-state index contributed by atoms with van der Waals surface area (Å²) >= 11 is 0. The summed E-state index contributed by atoms with van der Waals surface area (Å²) in [6.45, 7) is 7.60. The monoisotopic (exact) mass is 383 g/mol. The number of carbonyl (C=O) groups is 1. The molecule has 3 rings (SSSR count). The maximum absolute atomic E-state index is 12.8. The molecule has 1 aliphatic heterocycles. The number of aromatic nitrogens is 1. The molecule has 0 saturated heterocycles. The number of H-pyrrole nitrogens is 1. The van der Waals surface area contributed by atoms with Gasteiger partial charge in [0.25, 0.3) is 5.56 Å². The van der Waals surface area contributed by atoms with E-state index in [-0.39, 0.29) is 5.56 Å². The molecule has 1 atom stereocenters. The molecule has 0 saturated carbocycles. The largest absolute Gasteiger partial charge is 0.513 e. The van der Waals surface area contributed by atoms with Crippen LogP contribution in [-0.2, 0) is 9.47 Å². The molecule has 1 aliphatic rings. The summed E-state index contributed by atoms with van der Waals surface area (Å²) in [7, 11) is 1.26. The van der Waals surface area contributed by atoms with Gasteiger partial charge in [-0.3, -0.25) is 4.79 Å². The minimum absolute atomic E-state index is 0.234. The first-order valence-electron chi connectivity index (χ1n) is 9.30. The van der Waals surface area contributed by atoms with Crippen molar-refractivity contribution < 1.29 is 14.3 Å². The van der Waals surface area contributed by atoms with Crippen LogP contribution in [0.1, 0.15) is 37.8 Å². The number of para-hydroxylation sites is 1. The molecule has 0 spiro atoms. The van der Waals surface area contributed by atoms with Crippen LogP contribution in [0.2, 0.25) is 0 Å². The van der Waals surface area contributed by atoms with Gasteiger partial charge in [-0.15, -0.1) is 0 Å². The molecule has 0 bridgehead atoms. The summed E-state index contributed by atoms with van der Waals surface area (Å²) in [5.41, 5.74) is 3.51. The van der Waals surface area contributed by atoms with Crippen LogP contribution < -0.4 is 15.8 Å².